The average molecular weight is 604 g/mol. The zero-order valence-corrected chi connectivity index (χ0v) is 23.4. The lowest BCUT2D eigenvalue weighted by Gasteiger charge is -2.27. The minimum absolute atomic E-state index is 0.0350. The van der Waals surface area contributed by atoms with Crippen LogP contribution in [0.15, 0.2) is 73.3 Å². The number of benzene rings is 2. The van der Waals surface area contributed by atoms with Gasteiger partial charge in [0.25, 0.3) is 11.7 Å². The van der Waals surface area contributed by atoms with Crippen molar-refractivity contribution in [3.8, 4) is 0 Å². The Kier molecular flexibility index (Phi) is 11.1. The van der Waals surface area contributed by atoms with E-state index in [4.69, 9.17) is 11.6 Å². The van der Waals surface area contributed by atoms with E-state index in [0.717, 1.165) is 0 Å². The minimum Gasteiger partial charge on any atom is -0.344 e. The number of alkyl halides is 3. The molecule has 0 spiro atoms. The van der Waals surface area contributed by atoms with Gasteiger partial charge in [0.1, 0.15) is 18.4 Å². The Bertz CT molecular complexity index is 1390. The highest BCUT2D eigenvalue weighted by molar-refractivity contribution is 6.30. The average Bonchev–Trinajstić information content (AvgIpc) is 2.95. The highest BCUT2D eigenvalue weighted by Gasteiger charge is 2.45. The number of nitrogens with one attached hydrogen (secondary N) is 3. The lowest BCUT2D eigenvalue weighted by atomic mass is 9.97. The molecule has 0 aliphatic heterocycles. The summed E-state index contributed by atoms with van der Waals surface area (Å²) >= 11 is 6.09. The number of rotatable bonds is 12. The topological polar surface area (TPSA) is 130 Å². The summed E-state index contributed by atoms with van der Waals surface area (Å²) in [6.45, 7) is 2.73. The van der Waals surface area contributed by atoms with Crippen molar-refractivity contribution in [2.75, 3.05) is 0 Å². The van der Waals surface area contributed by atoms with E-state index in [1.165, 1.54) is 32.6 Å². The van der Waals surface area contributed by atoms with Gasteiger partial charge in [0.05, 0.1) is 11.6 Å². The van der Waals surface area contributed by atoms with E-state index in [1.807, 2.05) is 0 Å². The second kappa shape index (κ2) is 14.5. The van der Waals surface area contributed by atoms with Crippen LogP contribution in [0.2, 0.25) is 5.02 Å². The van der Waals surface area contributed by atoms with Gasteiger partial charge in [-0.05, 0) is 29.2 Å². The molecule has 0 aliphatic rings. The quantitative estimate of drug-likeness (QED) is 0.291. The van der Waals surface area contributed by atoms with Gasteiger partial charge < -0.3 is 16.0 Å². The van der Waals surface area contributed by atoms with Gasteiger partial charge in [0.2, 0.25) is 11.8 Å². The molecule has 0 saturated carbocycles. The van der Waals surface area contributed by atoms with E-state index < -0.39 is 53.7 Å². The molecule has 0 fully saturated rings. The number of carbonyl (C=O) groups is 4. The van der Waals surface area contributed by atoms with Crippen LogP contribution in [-0.2, 0) is 27.2 Å². The van der Waals surface area contributed by atoms with Crippen LogP contribution in [0, 0.1) is 5.92 Å². The van der Waals surface area contributed by atoms with Crippen LogP contribution in [0.4, 0.5) is 13.2 Å². The molecule has 0 saturated heterocycles. The van der Waals surface area contributed by atoms with Crippen LogP contribution in [0.5, 0.6) is 0 Å². The largest absolute Gasteiger partial charge is 0.452 e. The highest BCUT2D eigenvalue weighted by Crippen LogP contribution is 2.21. The second-order valence-corrected chi connectivity index (χ2v) is 10.3. The fourth-order valence-electron chi connectivity index (χ4n) is 4.06. The zero-order valence-electron chi connectivity index (χ0n) is 22.7. The maximum atomic E-state index is 13.6. The maximum Gasteiger partial charge on any atom is 0.452 e. The smallest absolute Gasteiger partial charge is 0.344 e. The van der Waals surface area contributed by atoms with Crippen LogP contribution in [0.25, 0.3) is 0 Å². The Morgan fingerprint density at radius 1 is 0.810 bits per heavy atom. The third-order valence-corrected chi connectivity index (χ3v) is 6.45. The van der Waals surface area contributed by atoms with E-state index >= 15 is 0 Å². The number of amides is 3. The fourth-order valence-corrected chi connectivity index (χ4v) is 4.28. The van der Waals surface area contributed by atoms with Gasteiger partial charge in [0.15, 0.2) is 0 Å². The van der Waals surface area contributed by atoms with Crippen molar-refractivity contribution >= 4 is 35.1 Å². The first kappa shape index (κ1) is 32.2. The lowest BCUT2D eigenvalue weighted by molar-refractivity contribution is -0.175. The summed E-state index contributed by atoms with van der Waals surface area (Å²) in [5.74, 6) is -5.45. The molecule has 0 unspecified atom stereocenters. The summed E-state index contributed by atoms with van der Waals surface area (Å²) in [7, 11) is 0. The van der Waals surface area contributed by atoms with Gasteiger partial charge in [-0.25, -0.2) is 9.97 Å². The van der Waals surface area contributed by atoms with E-state index in [1.54, 1.807) is 54.6 Å². The molecular weight excluding hydrogens is 575 g/mol. The lowest BCUT2D eigenvalue weighted by Crippen LogP contribution is -2.58. The number of aromatic nitrogens is 2. The van der Waals surface area contributed by atoms with Gasteiger partial charge in [-0.3, -0.25) is 19.2 Å². The molecule has 1 aromatic heterocycles. The van der Waals surface area contributed by atoms with Crippen molar-refractivity contribution in [2.45, 2.75) is 51.0 Å². The van der Waals surface area contributed by atoms with Crippen molar-refractivity contribution in [3.05, 3.63) is 95.0 Å². The Morgan fingerprint density at radius 3 is 1.98 bits per heavy atom. The van der Waals surface area contributed by atoms with Crippen molar-refractivity contribution in [2.24, 2.45) is 5.92 Å². The second-order valence-electron chi connectivity index (χ2n) is 9.83. The predicted octanol–water partition coefficient (Wildman–Crippen LogP) is 3.47. The predicted molar refractivity (Wildman–Crippen MR) is 148 cm³/mol. The first-order valence-electron chi connectivity index (χ1n) is 12.9. The molecule has 3 aromatic rings. The zero-order chi connectivity index (χ0) is 30.9. The molecule has 0 radical (unpaired) electrons. The number of hydrogen-bond donors (Lipinski definition) is 3. The van der Waals surface area contributed by atoms with E-state index in [2.05, 4.69) is 25.9 Å². The van der Waals surface area contributed by atoms with Gasteiger partial charge in [-0.15, -0.1) is 0 Å². The van der Waals surface area contributed by atoms with Crippen molar-refractivity contribution < 1.29 is 32.3 Å². The van der Waals surface area contributed by atoms with E-state index in [9.17, 15) is 32.3 Å². The summed E-state index contributed by atoms with van der Waals surface area (Å²) in [4.78, 5) is 59.5. The number of carbonyl (C=O) groups excluding carboxylic acids is 4. The summed E-state index contributed by atoms with van der Waals surface area (Å²) in [5.41, 5.74) is 1.26. The SMILES string of the molecule is CC(C)[C@H](NC(=O)[C@H](Cc1ccccc1)NC(=O)[C@H](Cc1cccc(Cl)c1)NC(=O)c1cncnc1)C(=O)C(F)(F)F. The Hall–Kier alpha value is -4.32. The summed E-state index contributed by atoms with van der Waals surface area (Å²) in [6.07, 6.45) is -1.57. The molecule has 3 amide bonds. The maximum absolute atomic E-state index is 13.6. The van der Waals surface area contributed by atoms with Crippen molar-refractivity contribution in [3.63, 3.8) is 0 Å². The summed E-state index contributed by atoms with van der Waals surface area (Å²) < 4.78 is 39.7. The molecule has 3 rings (SSSR count). The van der Waals surface area contributed by atoms with Crippen LogP contribution < -0.4 is 16.0 Å². The first-order chi connectivity index (χ1) is 19.8. The molecule has 9 nitrogen and oxygen atoms in total. The summed E-state index contributed by atoms with van der Waals surface area (Å²) in [6, 6.07) is 10.6. The number of nitrogens with zero attached hydrogens (tertiary/aromatic N) is 2. The number of ketones is 1. The Morgan fingerprint density at radius 2 is 1.38 bits per heavy atom. The third kappa shape index (κ3) is 9.37. The molecule has 1 heterocycles. The van der Waals surface area contributed by atoms with Gasteiger partial charge >= 0.3 is 6.18 Å². The van der Waals surface area contributed by atoms with Gasteiger partial charge in [0, 0.05) is 30.3 Å². The fraction of sp³-hybridized carbons (Fsp3) is 0.310. The summed E-state index contributed by atoms with van der Waals surface area (Å²) in [5, 5.41) is 7.71. The van der Waals surface area contributed by atoms with Crippen molar-refractivity contribution in [1.29, 1.82) is 0 Å². The molecular formula is C29H29ClF3N5O4. The van der Waals surface area contributed by atoms with E-state index in [0.29, 0.717) is 16.1 Å². The molecule has 42 heavy (non-hydrogen) atoms. The standard InChI is InChI=1S/C29H29ClF3N5O4/c1-17(2)24(25(39)29(31,32)33)38-28(42)22(12-18-7-4-3-5-8-18)37-27(41)23(13-19-9-6-10-21(30)11-19)36-26(40)20-14-34-16-35-15-20/h3-11,14-17,22-24H,12-13H2,1-2H3,(H,36,40)(H,37,41)(H,38,42)/t22-,23-,24-/m0/s1. The molecule has 0 bridgehead atoms. The molecule has 3 atom stereocenters. The number of halogens is 4. The van der Waals surface area contributed by atoms with Crippen LogP contribution >= 0.6 is 11.6 Å². The van der Waals surface area contributed by atoms with Gasteiger partial charge in [-0.1, -0.05) is 67.9 Å². The van der Waals surface area contributed by atoms with E-state index in [-0.39, 0.29) is 18.4 Å². The number of hydrogen-bond acceptors (Lipinski definition) is 6. The molecule has 0 aliphatic carbocycles. The highest BCUT2D eigenvalue weighted by atomic mass is 35.5. The first-order valence-corrected chi connectivity index (χ1v) is 13.3. The normalized spacial score (nSPS) is 13.5. The third-order valence-electron chi connectivity index (χ3n) is 6.22. The Labute approximate surface area is 245 Å². The molecule has 2 aromatic carbocycles. The Balaban J connectivity index is 1.90. The molecule has 222 valence electrons. The van der Waals surface area contributed by atoms with Crippen LogP contribution in [0.1, 0.15) is 35.3 Å². The van der Waals surface area contributed by atoms with Crippen molar-refractivity contribution in [1.82, 2.24) is 25.9 Å². The number of Topliss-reactive ketones (excluding diaryl/α,β-unsaturated/α-hetero) is 1. The molecule has 3 N–H and O–H groups in total. The van der Waals surface area contributed by atoms with Gasteiger partial charge in [-0.2, -0.15) is 13.2 Å². The monoisotopic (exact) mass is 603 g/mol. The van der Waals surface area contributed by atoms with Crippen LogP contribution in [0.3, 0.4) is 0 Å². The van der Waals surface area contributed by atoms with Crippen LogP contribution in [-0.4, -0.2) is 57.8 Å². The molecule has 13 heteroatoms. The minimum atomic E-state index is -5.17.